The third-order valence-electron chi connectivity index (χ3n) is 5.52. The van der Waals surface area contributed by atoms with Crippen LogP contribution >= 0.6 is 11.6 Å². The number of carbonyl (C=O) groups excluding carboxylic acids is 1. The number of benzene rings is 2. The Hall–Kier alpha value is -3.80. The average Bonchev–Trinajstić information content (AvgIpc) is 2.87. The molecule has 1 fully saturated rings. The van der Waals surface area contributed by atoms with Crippen molar-refractivity contribution in [2.24, 2.45) is 0 Å². The number of nitrogens with zero attached hydrogens (tertiary/aromatic N) is 4. The monoisotopic (exact) mass is 491 g/mol. The molecule has 1 aromatic heterocycles. The Morgan fingerprint density at radius 2 is 1.83 bits per heavy atom. The molecule has 0 atom stereocenters. The second-order valence-electron chi connectivity index (χ2n) is 7.97. The maximum atomic E-state index is 12.8. The van der Waals surface area contributed by atoms with Gasteiger partial charge >= 0.3 is 0 Å². The number of amides is 1. The number of hydrogen-bond acceptors (Lipinski definition) is 7. The summed E-state index contributed by atoms with van der Waals surface area (Å²) < 4.78 is 11.5. The van der Waals surface area contributed by atoms with E-state index in [9.17, 15) is 4.79 Å². The number of anilines is 2. The molecule has 2 heterocycles. The Bertz CT molecular complexity index is 1200. The smallest absolute Gasteiger partial charge is 0.238 e. The molecule has 1 N–H and O–H groups in total. The summed E-state index contributed by atoms with van der Waals surface area (Å²) in [5, 5.41) is 12.5. The van der Waals surface area contributed by atoms with Crippen molar-refractivity contribution in [1.82, 2.24) is 9.88 Å². The highest BCUT2D eigenvalue weighted by atomic mass is 35.5. The minimum atomic E-state index is -0.151. The summed E-state index contributed by atoms with van der Waals surface area (Å²) in [5.74, 6) is 2.51. The second-order valence-corrected chi connectivity index (χ2v) is 8.41. The van der Waals surface area contributed by atoms with Crippen molar-refractivity contribution in [1.29, 1.82) is 5.26 Å². The van der Waals surface area contributed by atoms with Gasteiger partial charge in [0.15, 0.2) is 5.75 Å². The Morgan fingerprint density at radius 1 is 1.09 bits per heavy atom. The molecular formula is C26H26ClN5O3. The number of halogens is 1. The zero-order valence-corrected chi connectivity index (χ0v) is 20.2. The van der Waals surface area contributed by atoms with Gasteiger partial charge in [0.05, 0.1) is 30.5 Å². The number of nitrogens with one attached hydrogen (secondary N) is 1. The Balaban J connectivity index is 1.34. The fourth-order valence-corrected chi connectivity index (χ4v) is 3.95. The fourth-order valence-electron chi connectivity index (χ4n) is 3.78. The van der Waals surface area contributed by atoms with Crippen molar-refractivity contribution in [2.75, 3.05) is 49.5 Å². The molecule has 35 heavy (non-hydrogen) atoms. The first-order chi connectivity index (χ1) is 17.0. The molecule has 0 spiro atoms. The van der Waals surface area contributed by atoms with Gasteiger partial charge in [0.1, 0.15) is 17.3 Å². The highest BCUT2D eigenvalue weighted by Gasteiger charge is 2.21. The van der Waals surface area contributed by atoms with Gasteiger partial charge in [0.2, 0.25) is 5.91 Å². The van der Waals surface area contributed by atoms with Gasteiger partial charge in [-0.05, 0) is 61.5 Å². The number of piperazine rings is 1. The van der Waals surface area contributed by atoms with Gasteiger partial charge in [0.25, 0.3) is 0 Å². The van der Waals surface area contributed by atoms with Crippen LogP contribution in [-0.4, -0.2) is 55.1 Å². The molecule has 1 amide bonds. The Kier molecular flexibility index (Phi) is 8.03. The maximum Gasteiger partial charge on any atom is 0.238 e. The number of aromatic nitrogens is 1. The van der Waals surface area contributed by atoms with Gasteiger partial charge < -0.3 is 19.7 Å². The van der Waals surface area contributed by atoms with Gasteiger partial charge in [-0.3, -0.25) is 9.69 Å². The van der Waals surface area contributed by atoms with Crippen LogP contribution in [-0.2, 0) is 4.79 Å². The van der Waals surface area contributed by atoms with E-state index >= 15 is 0 Å². The van der Waals surface area contributed by atoms with Crippen LogP contribution in [0, 0.1) is 11.3 Å². The van der Waals surface area contributed by atoms with Crippen molar-refractivity contribution in [3.8, 4) is 23.3 Å². The number of rotatable bonds is 8. The predicted octanol–water partition coefficient (Wildman–Crippen LogP) is 4.56. The molecule has 1 aliphatic heterocycles. The lowest BCUT2D eigenvalue weighted by molar-refractivity contribution is -0.117. The molecule has 0 bridgehead atoms. The van der Waals surface area contributed by atoms with Crippen LogP contribution in [0.2, 0.25) is 5.02 Å². The first-order valence-corrected chi connectivity index (χ1v) is 11.8. The van der Waals surface area contributed by atoms with Gasteiger partial charge in [-0.2, -0.15) is 5.26 Å². The van der Waals surface area contributed by atoms with Gasteiger partial charge in [-0.15, -0.1) is 0 Å². The molecule has 1 saturated heterocycles. The molecule has 0 unspecified atom stereocenters. The minimum absolute atomic E-state index is 0.151. The van der Waals surface area contributed by atoms with E-state index in [-0.39, 0.29) is 12.5 Å². The van der Waals surface area contributed by atoms with E-state index in [4.69, 9.17) is 26.3 Å². The molecular weight excluding hydrogens is 466 g/mol. The van der Waals surface area contributed by atoms with E-state index < -0.39 is 0 Å². The number of hydrogen-bond donors (Lipinski definition) is 1. The Morgan fingerprint density at radius 3 is 2.54 bits per heavy atom. The summed E-state index contributed by atoms with van der Waals surface area (Å²) >= 11 is 6.18. The van der Waals surface area contributed by atoms with E-state index in [0.717, 1.165) is 24.7 Å². The molecule has 2 aromatic carbocycles. The zero-order chi connectivity index (χ0) is 24.6. The zero-order valence-electron chi connectivity index (χ0n) is 19.4. The highest BCUT2D eigenvalue weighted by molar-refractivity contribution is 6.31. The first kappa shape index (κ1) is 24.3. The molecule has 180 valence electrons. The quantitative estimate of drug-likeness (QED) is 0.494. The first-order valence-electron chi connectivity index (χ1n) is 11.4. The van der Waals surface area contributed by atoms with Gasteiger partial charge in [0, 0.05) is 37.4 Å². The van der Waals surface area contributed by atoms with E-state index in [0.29, 0.717) is 47.5 Å². The van der Waals surface area contributed by atoms with Crippen LogP contribution in [0.25, 0.3) is 0 Å². The maximum absolute atomic E-state index is 12.8. The number of carbonyl (C=O) groups is 1. The van der Waals surface area contributed by atoms with Crippen molar-refractivity contribution in [3.63, 3.8) is 0 Å². The third kappa shape index (κ3) is 6.63. The topological polar surface area (TPSA) is 90.7 Å². The average molecular weight is 492 g/mol. The van der Waals surface area contributed by atoms with Crippen molar-refractivity contribution in [3.05, 3.63) is 71.4 Å². The summed E-state index contributed by atoms with van der Waals surface area (Å²) in [4.78, 5) is 21.4. The summed E-state index contributed by atoms with van der Waals surface area (Å²) in [5.41, 5.74) is 1.09. The largest absolute Gasteiger partial charge is 0.494 e. The second kappa shape index (κ2) is 11.6. The predicted molar refractivity (Wildman–Crippen MR) is 135 cm³/mol. The third-order valence-corrected chi connectivity index (χ3v) is 5.75. The fraction of sp³-hybridized carbons (Fsp3) is 0.269. The highest BCUT2D eigenvalue weighted by Crippen LogP contribution is 2.33. The van der Waals surface area contributed by atoms with Crippen molar-refractivity contribution < 1.29 is 14.3 Å². The van der Waals surface area contributed by atoms with Crippen molar-refractivity contribution in [2.45, 2.75) is 6.92 Å². The van der Waals surface area contributed by atoms with Crippen LogP contribution in [0.4, 0.5) is 11.5 Å². The molecule has 9 heteroatoms. The van der Waals surface area contributed by atoms with Crippen LogP contribution in [0.1, 0.15) is 12.5 Å². The SMILES string of the molecule is CCOc1ccc(Oc2ccc(Cl)cc2NC(=O)CN2CCN(c3cc(C#N)ccn3)CC2)cc1. The van der Waals surface area contributed by atoms with E-state index in [1.54, 1.807) is 36.5 Å². The lowest BCUT2D eigenvalue weighted by Crippen LogP contribution is -2.49. The van der Waals surface area contributed by atoms with E-state index in [2.05, 4.69) is 26.2 Å². The number of ether oxygens (including phenoxy) is 2. The summed E-state index contributed by atoms with van der Waals surface area (Å²) in [6, 6.07) is 18.0. The van der Waals surface area contributed by atoms with Crippen molar-refractivity contribution >= 4 is 29.0 Å². The molecule has 1 aliphatic rings. The Labute approximate surface area is 209 Å². The number of nitriles is 1. The van der Waals surface area contributed by atoms with E-state index in [1.165, 1.54) is 0 Å². The van der Waals surface area contributed by atoms with Crippen LogP contribution in [0.5, 0.6) is 17.2 Å². The summed E-state index contributed by atoms with van der Waals surface area (Å²) in [7, 11) is 0. The summed E-state index contributed by atoms with van der Waals surface area (Å²) in [6.45, 7) is 5.62. The standard InChI is InChI=1S/C26H26ClN5O3/c1-2-34-21-4-6-22(7-5-21)35-24-8-3-20(27)16-23(24)30-26(33)18-31-11-13-32(14-12-31)25-15-19(17-28)9-10-29-25/h3-10,15-16H,2,11-14,18H2,1H3,(H,30,33). The van der Waals surface area contributed by atoms with Crippen LogP contribution in [0.3, 0.4) is 0 Å². The van der Waals surface area contributed by atoms with Gasteiger partial charge in [-0.1, -0.05) is 11.6 Å². The van der Waals surface area contributed by atoms with Crippen LogP contribution < -0.4 is 19.7 Å². The number of pyridine rings is 1. The minimum Gasteiger partial charge on any atom is -0.494 e. The lowest BCUT2D eigenvalue weighted by atomic mass is 10.2. The molecule has 0 saturated carbocycles. The van der Waals surface area contributed by atoms with E-state index in [1.807, 2.05) is 31.2 Å². The molecule has 4 rings (SSSR count). The molecule has 0 aliphatic carbocycles. The lowest BCUT2D eigenvalue weighted by Gasteiger charge is -2.35. The molecule has 0 radical (unpaired) electrons. The summed E-state index contributed by atoms with van der Waals surface area (Å²) in [6.07, 6.45) is 1.64. The van der Waals surface area contributed by atoms with Crippen LogP contribution in [0.15, 0.2) is 60.8 Å². The normalized spacial score (nSPS) is 13.7. The molecule has 3 aromatic rings. The van der Waals surface area contributed by atoms with Gasteiger partial charge in [-0.25, -0.2) is 4.98 Å². The molecule has 8 nitrogen and oxygen atoms in total.